The van der Waals surface area contributed by atoms with Gasteiger partial charge in [0.15, 0.2) is 0 Å². The molecular formula is C14H34N2O3Si. The third kappa shape index (κ3) is 8.34. The molecule has 0 saturated carbocycles. The molecule has 0 aromatic heterocycles. The molecule has 0 saturated heterocycles. The standard InChI is InChI=1S/C14H34N2O3Si/c1-13(2,15)10-11-16-14(3,4)9-8-12-20(17-5,18-6)19-7/h16H,8-12,15H2,1-7H3. The molecule has 0 aliphatic carbocycles. The van der Waals surface area contributed by atoms with Gasteiger partial charge in [-0.25, -0.2) is 0 Å². The van der Waals surface area contributed by atoms with Crippen molar-refractivity contribution in [3.63, 3.8) is 0 Å². The Bertz CT molecular complexity index is 255. The van der Waals surface area contributed by atoms with Crippen LogP contribution in [0, 0.1) is 0 Å². The van der Waals surface area contributed by atoms with Gasteiger partial charge in [0.2, 0.25) is 0 Å². The van der Waals surface area contributed by atoms with Gasteiger partial charge in [-0.05, 0) is 53.5 Å². The van der Waals surface area contributed by atoms with Crippen LogP contribution in [-0.4, -0.2) is 47.8 Å². The molecule has 122 valence electrons. The fraction of sp³-hybridized carbons (Fsp3) is 1.00. The van der Waals surface area contributed by atoms with Crippen molar-refractivity contribution < 1.29 is 13.3 Å². The minimum absolute atomic E-state index is 0.0839. The molecule has 6 heteroatoms. The number of nitrogens with one attached hydrogen (secondary N) is 1. The lowest BCUT2D eigenvalue weighted by Gasteiger charge is -2.30. The predicted octanol–water partition coefficient (Wildman–Crippen LogP) is 2.14. The van der Waals surface area contributed by atoms with Crippen LogP contribution in [0.1, 0.15) is 47.0 Å². The molecule has 3 N–H and O–H groups in total. The van der Waals surface area contributed by atoms with Gasteiger partial charge in [-0.15, -0.1) is 0 Å². The highest BCUT2D eigenvalue weighted by Crippen LogP contribution is 2.21. The SMILES string of the molecule is CO[Si](CCCC(C)(C)NCCC(C)(C)N)(OC)OC. The second-order valence-corrected chi connectivity index (χ2v) is 9.79. The normalized spacial score (nSPS) is 13.8. The van der Waals surface area contributed by atoms with E-state index in [2.05, 4.69) is 33.0 Å². The summed E-state index contributed by atoms with van der Waals surface area (Å²) in [5.41, 5.74) is 5.96. The zero-order chi connectivity index (χ0) is 15.9. The summed E-state index contributed by atoms with van der Waals surface area (Å²) >= 11 is 0. The first-order valence-electron chi connectivity index (χ1n) is 7.29. The number of hydrogen-bond donors (Lipinski definition) is 2. The number of nitrogens with two attached hydrogens (primary N) is 1. The van der Waals surface area contributed by atoms with Gasteiger partial charge in [0.1, 0.15) is 0 Å². The molecule has 0 atom stereocenters. The van der Waals surface area contributed by atoms with E-state index in [9.17, 15) is 0 Å². The van der Waals surface area contributed by atoms with E-state index in [1.54, 1.807) is 21.3 Å². The van der Waals surface area contributed by atoms with Crippen molar-refractivity contribution in [2.24, 2.45) is 5.73 Å². The Balaban J connectivity index is 4.09. The summed E-state index contributed by atoms with van der Waals surface area (Å²) in [6, 6.07) is 0.837. The average Bonchev–Trinajstić information content (AvgIpc) is 2.33. The maximum absolute atomic E-state index is 5.99. The lowest BCUT2D eigenvalue weighted by atomic mass is 9.97. The Morgan fingerprint density at radius 1 is 0.950 bits per heavy atom. The minimum Gasteiger partial charge on any atom is -0.377 e. The van der Waals surface area contributed by atoms with Gasteiger partial charge in [0.25, 0.3) is 0 Å². The highest BCUT2D eigenvalue weighted by molar-refractivity contribution is 6.60. The zero-order valence-electron chi connectivity index (χ0n) is 14.3. The summed E-state index contributed by atoms with van der Waals surface area (Å²) in [6.45, 7) is 9.46. The smallest absolute Gasteiger partial charge is 0.377 e. The maximum Gasteiger partial charge on any atom is 0.500 e. The van der Waals surface area contributed by atoms with Crippen molar-refractivity contribution in [2.45, 2.75) is 64.1 Å². The monoisotopic (exact) mass is 306 g/mol. The molecule has 0 aliphatic heterocycles. The van der Waals surface area contributed by atoms with Crippen LogP contribution in [0.3, 0.4) is 0 Å². The highest BCUT2D eigenvalue weighted by Gasteiger charge is 2.37. The van der Waals surface area contributed by atoms with Crippen LogP contribution in [0.25, 0.3) is 0 Å². The predicted molar refractivity (Wildman–Crippen MR) is 85.8 cm³/mol. The fourth-order valence-corrected chi connectivity index (χ4v) is 3.84. The quantitative estimate of drug-likeness (QED) is 0.573. The van der Waals surface area contributed by atoms with Crippen LogP contribution in [-0.2, 0) is 13.3 Å². The number of hydrogen-bond acceptors (Lipinski definition) is 5. The van der Waals surface area contributed by atoms with E-state index in [1.807, 2.05) is 0 Å². The van der Waals surface area contributed by atoms with E-state index >= 15 is 0 Å². The summed E-state index contributed by atoms with van der Waals surface area (Å²) in [5, 5.41) is 3.57. The average molecular weight is 307 g/mol. The molecule has 20 heavy (non-hydrogen) atoms. The van der Waals surface area contributed by atoms with Gasteiger partial charge in [-0.1, -0.05) is 0 Å². The second-order valence-electron chi connectivity index (χ2n) is 6.70. The van der Waals surface area contributed by atoms with E-state index in [1.165, 1.54) is 0 Å². The molecule has 5 nitrogen and oxygen atoms in total. The third-order valence-corrected chi connectivity index (χ3v) is 6.42. The third-order valence-electron chi connectivity index (χ3n) is 3.59. The molecule has 0 fully saturated rings. The van der Waals surface area contributed by atoms with Crippen molar-refractivity contribution in [3.05, 3.63) is 0 Å². The van der Waals surface area contributed by atoms with Crippen molar-refractivity contribution in [3.8, 4) is 0 Å². The molecule has 0 spiro atoms. The topological polar surface area (TPSA) is 65.7 Å². The molecule has 0 unspecified atom stereocenters. The van der Waals surface area contributed by atoms with Gasteiger partial charge in [0.05, 0.1) is 0 Å². The molecule has 0 bridgehead atoms. The lowest BCUT2D eigenvalue weighted by Crippen LogP contribution is -2.45. The van der Waals surface area contributed by atoms with Crippen molar-refractivity contribution in [1.29, 1.82) is 0 Å². The van der Waals surface area contributed by atoms with E-state index in [0.717, 1.165) is 31.9 Å². The Morgan fingerprint density at radius 3 is 1.85 bits per heavy atom. The van der Waals surface area contributed by atoms with Crippen LogP contribution in [0.15, 0.2) is 0 Å². The lowest BCUT2D eigenvalue weighted by molar-refractivity contribution is 0.122. The molecule has 0 rings (SSSR count). The van der Waals surface area contributed by atoms with Gasteiger partial charge in [0, 0.05) is 38.5 Å². The van der Waals surface area contributed by atoms with Gasteiger partial charge in [-0.2, -0.15) is 0 Å². The van der Waals surface area contributed by atoms with Crippen molar-refractivity contribution in [1.82, 2.24) is 5.32 Å². The molecule has 0 aromatic carbocycles. The second kappa shape index (κ2) is 8.46. The molecule has 0 aliphatic rings. The van der Waals surface area contributed by atoms with Crippen LogP contribution in [0.4, 0.5) is 0 Å². The highest BCUT2D eigenvalue weighted by atomic mass is 28.4. The molecule has 0 heterocycles. The Hall–Kier alpha value is 0.0169. The van der Waals surface area contributed by atoms with Gasteiger partial charge in [-0.3, -0.25) is 0 Å². The zero-order valence-corrected chi connectivity index (χ0v) is 15.3. The van der Waals surface area contributed by atoms with Gasteiger partial charge >= 0.3 is 8.80 Å². The fourth-order valence-electron chi connectivity index (χ4n) is 2.11. The first kappa shape index (κ1) is 20.0. The van der Waals surface area contributed by atoms with E-state index in [4.69, 9.17) is 19.0 Å². The van der Waals surface area contributed by atoms with Gasteiger partial charge < -0.3 is 24.3 Å². The molecule has 0 radical (unpaired) electrons. The van der Waals surface area contributed by atoms with Crippen molar-refractivity contribution >= 4 is 8.80 Å². The Kier molecular flexibility index (Phi) is 8.46. The van der Waals surface area contributed by atoms with E-state index in [0.29, 0.717) is 0 Å². The first-order valence-corrected chi connectivity index (χ1v) is 9.22. The molecule has 0 amide bonds. The summed E-state index contributed by atoms with van der Waals surface area (Å²) < 4.78 is 16.3. The maximum atomic E-state index is 5.99. The minimum atomic E-state index is -2.43. The van der Waals surface area contributed by atoms with Crippen molar-refractivity contribution in [2.75, 3.05) is 27.9 Å². The van der Waals surface area contributed by atoms with Crippen LogP contribution in [0.2, 0.25) is 6.04 Å². The first-order chi connectivity index (χ1) is 9.10. The van der Waals surface area contributed by atoms with Crippen LogP contribution < -0.4 is 11.1 Å². The Morgan fingerprint density at radius 2 is 1.45 bits per heavy atom. The summed E-state index contributed by atoms with van der Waals surface area (Å²) in [4.78, 5) is 0. The summed E-state index contributed by atoms with van der Waals surface area (Å²) in [6.07, 6.45) is 3.01. The summed E-state index contributed by atoms with van der Waals surface area (Å²) in [5.74, 6) is 0. The van der Waals surface area contributed by atoms with Crippen LogP contribution >= 0.6 is 0 Å². The van der Waals surface area contributed by atoms with E-state index < -0.39 is 8.80 Å². The largest absolute Gasteiger partial charge is 0.500 e. The number of rotatable bonds is 11. The Labute approximate surface area is 125 Å². The van der Waals surface area contributed by atoms with Crippen LogP contribution in [0.5, 0.6) is 0 Å². The molecular weight excluding hydrogens is 272 g/mol. The molecule has 0 aromatic rings. The summed E-state index contributed by atoms with van der Waals surface area (Å²) in [7, 11) is 2.55. The van der Waals surface area contributed by atoms with E-state index in [-0.39, 0.29) is 11.1 Å².